The molecule has 0 aliphatic rings. The van der Waals surface area contributed by atoms with Crippen LogP contribution >= 0.6 is 0 Å². The van der Waals surface area contributed by atoms with Gasteiger partial charge in [-0.25, -0.2) is 4.98 Å². The molecule has 0 fully saturated rings. The first-order valence-electron chi connectivity index (χ1n) is 6.88. The van der Waals surface area contributed by atoms with Gasteiger partial charge in [-0.1, -0.05) is 32.0 Å². The minimum absolute atomic E-state index is 0.866. The fourth-order valence-electron chi connectivity index (χ4n) is 1.83. The molecule has 0 aliphatic heterocycles. The van der Waals surface area contributed by atoms with Crippen LogP contribution in [0.15, 0.2) is 42.5 Å². The molecule has 0 atom stereocenters. The van der Waals surface area contributed by atoms with E-state index in [4.69, 9.17) is 0 Å². The predicted octanol–water partition coefficient (Wildman–Crippen LogP) is 4.21. The summed E-state index contributed by atoms with van der Waals surface area (Å²) in [7, 11) is 0. The van der Waals surface area contributed by atoms with E-state index in [1.165, 1.54) is 5.56 Å². The standard InChI is InChI=1S/C16H21N3/c1-3-12-17-15-6-5-7-16(19-15)18-14-10-8-13(4-2)9-11-14/h5-11H,3-4,12H2,1-2H3,(H2,17,18,19). The van der Waals surface area contributed by atoms with Crippen LogP contribution in [-0.2, 0) is 6.42 Å². The molecule has 0 unspecified atom stereocenters. The minimum atomic E-state index is 0.866. The average molecular weight is 255 g/mol. The van der Waals surface area contributed by atoms with Crippen LogP contribution in [0, 0.1) is 0 Å². The van der Waals surface area contributed by atoms with Crippen LogP contribution in [0.4, 0.5) is 17.3 Å². The first kappa shape index (κ1) is 13.4. The normalized spacial score (nSPS) is 10.2. The summed E-state index contributed by atoms with van der Waals surface area (Å²) < 4.78 is 0. The first-order chi connectivity index (χ1) is 9.31. The van der Waals surface area contributed by atoms with Gasteiger partial charge >= 0.3 is 0 Å². The molecule has 0 bridgehead atoms. The molecule has 2 aromatic rings. The van der Waals surface area contributed by atoms with Crippen molar-refractivity contribution in [2.24, 2.45) is 0 Å². The molecule has 1 aromatic heterocycles. The molecular formula is C16H21N3. The zero-order chi connectivity index (χ0) is 13.5. The number of hydrogen-bond donors (Lipinski definition) is 2. The van der Waals surface area contributed by atoms with Crippen LogP contribution in [0.5, 0.6) is 0 Å². The quantitative estimate of drug-likeness (QED) is 0.812. The molecule has 100 valence electrons. The fraction of sp³-hybridized carbons (Fsp3) is 0.312. The van der Waals surface area contributed by atoms with E-state index in [1.807, 2.05) is 18.2 Å². The Bertz CT molecular complexity index is 506. The summed E-state index contributed by atoms with van der Waals surface area (Å²) in [4.78, 5) is 4.53. The maximum atomic E-state index is 4.53. The monoisotopic (exact) mass is 255 g/mol. The summed E-state index contributed by atoms with van der Waals surface area (Å²) in [6.45, 7) is 5.25. The van der Waals surface area contributed by atoms with Crippen molar-refractivity contribution in [3.05, 3.63) is 48.0 Å². The van der Waals surface area contributed by atoms with Gasteiger partial charge < -0.3 is 10.6 Å². The van der Waals surface area contributed by atoms with Crippen LogP contribution in [0.25, 0.3) is 0 Å². The lowest BCUT2D eigenvalue weighted by molar-refractivity contribution is 0.970. The van der Waals surface area contributed by atoms with Gasteiger partial charge in [-0.05, 0) is 42.7 Å². The highest BCUT2D eigenvalue weighted by molar-refractivity contribution is 5.58. The van der Waals surface area contributed by atoms with Gasteiger partial charge in [0.2, 0.25) is 0 Å². The van der Waals surface area contributed by atoms with Crippen molar-refractivity contribution in [1.29, 1.82) is 0 Å². The number of pyridine rings is 1. The number of hydrogen-bond acceptors (Lipinski definition) is 3. The summed E-state index contributed by atoms with van der Waals surface area (Å²) in [5.41, 5.74) is 2.41. The second-order valence-corrected chi connectivity index (χ2v) is 4.51. The van der Waals surface area contributed by atoms with Gasteiger partial charge in [0.1, 0.15) is 11.6 Å². The number of nitrogens with one attached hydrogen (secondary N) is 2. The third kappa shape index (κ3) is 3.98. The molecule has 0 saturated heterocycles. The Hall–Kier alpha value is -2.03. The van der Waals surface area contributed by atoms with Crippen molar-refractivity contribution in [2.75, 3.05) is 17.2 Å². The van der Waals surface area contributed by atoms with Gasteiger partial charge in [-0.3, -0.25) is 0 Å². The van der Waals surface area contributed by atoms with E-state index in [0.717, 1.165) is 36.7 Å². The molecule has 0 amide bonds. The van der Waals surface area contributed by atoms with E-state index >= 15 is 0 Å². The highest BCUT2D eigenvalue weighted by Crippen LogP contribution is 2.17. The Morgan fingerprint density at radius 2 is 1.68 bits per heavy atom. The van der Waals surface area contributed by atoms with Crippen molar-refractivity contribution in [2.45, 2.75) is 26.7 Å². The number of aromatic nitrogens is 1. The van der Waals surface area contributed by atoms with Gasteiger partial charge in [-0.15, -0.1) is 0 Å². The van der Waals surface area contributed by atoms with Crippen LogP contribution in [0.2, 0.25) is 0 Å². The molecule has 0 saturated carbocycles. The van der Waals surface area contributed by atoms with Crippen LogP contribution in [0.3, 0.4) is 0 Å². The SMILES string of the molecule is CCCNc1cccc(Nc2ccc(CC)cc2)n1. The Balaban J connectivity index is 2.05. The summed E-state index contributed by atoms with van der Waals surface area (Å²) in [6.07, 6.45) is 2.16. The fourth-order valence-corrected chi connectivity index (χ4v) is 1.83. The van der Waals surface area contributed by atoms with E-state index in [-0.39, 0.29) is 0 Å². The van der Waals surface area contributed by atoms with Crippen LogP contribution in [-0.4, -0.2) is 11.5 Å². The minimum Gasteiger partial charge on any atom is -0.370 e. The third-order valence-electron chi connectivity index (χ3n) is 2.94. The maximum Gasteiger partial charge on any atom is 0.132 e. The second-order valence-electron chi connectivity index (χ2n) is 4.51. The number of benzene rings is 1. The number of anilines is 3. The van der Waals surface area contributed by atoms with Crippen LogP contribution in [0.1, 0.15) is 25.8 Å². The van der Waals surface area contributed by atoms with Gasteiger partial charge in [0, 0.05) is 12.2 Å². The van der Waals surface area contributed by atoms with Gasteiger partial charge in [0.25, 0.3) is 0 Å². The van der Waals surface area contributed by atoms with Crippen LogP contribution < -0.4 is 10.6 Å². The number of aryl methyl sites for hydroxylation is 1. The van der Waals surface area contributed by atoms with E-state index < -0.39 is 0 Å². The van der Waals surface area contributed by atoms with Crippen molar-refractivity contribution in [3.63, 3.8) is 0 Å². The van der Waals surface area contributed by atoms with Crippen molar-refractivity contribution in [1.82, 2.24) is 4.98 Å². The molecule has 2 N–H and O–H groups in total. The number of nitrogens with zero attached hydrogens (tertiary/aromatic N) is 1. The predicted molar refractivity (Wildman–Crippen MR) is 82.1 cm³/mol. The van der Waals surface area contributed by atoms with Gasteiger partial charge in [0.05, 0.1) is 0 Å². The molecule has 19 heavy (non-hydrogen) atoms. The topological polar surface area (TPSA) is 37.0 Å². The van der Waals surface area contributed by atoms with Gasteiger partial charge in [0.15, 0.2) is 0 Å². The lowest BCUT2D eigenvalue weighted by Crippen LogP contribution is -2.03. The molecule has 0 radical (unpaired) electrons. The van der Waals surface area contributed by atoms with Crippen molar-refractivity contribution >= 4 is 17.3 Å². The molecule has 1 heterocycles. The van der Waals surface area contributed by atoms with Crippen molar-refractivity contribution in [3.8, 4) is 0 Å². The lowest BCUT2D eigenvalue weighted by atomic mass is 10.1. The molecule has 0 aliphatic carbocycles. The molecule has 0 spiro atoms. The Morgan fingerprint density at radius 1 is 0.947 bits per heavy atom. The third-order valence-corrected chi connectivity index (χ3v) is 2.94. The highest BCUT2D eigenvalue weighted by Gasteiger charge is 1.98. The summed E-state index contributed by atoms with van der Waals surface area (Å²) in [5.74, 6) is 1.78. The van der Waals surface area contributed by atoms with E-state index in [0.29, 0.717) is 0 Å². The second kappa shape index (κ2) is 6.78. The number of rotatable bonds is 6. The molecule has 3 heteroatoms. The summed E-state index contributed by atoms with van der Waals surface area (Å²) >= 11 is 0. The zero-order valence-corrected chi connectivity index (χ0v) is 11.6. The van der Waals surface area contributed by atoms with Crippen molar-refractivity contribution < 1.29 is 0 Å². The Morgan fingerprint density at radius 3 is 2.37 bits per heavy atom. The first-order valence-corrected chi connectivity index (χ1v) is 6.88. The van der Waals surface area contributed by atoms with E-state index in [1.54, 1.807) is 0 Å². The van der Waals surface area contributed by atoms with Gasteiger partial charge in [-0.2, -0.15) is 0 Å². The highest BCUT2D eigenvalue weighted by atomic mass is 15.1. The smallest absolute Gasteiger partial charge is 0.132 e. The maximum absolute atomic E-state index is 4.53. The average Bonchev–Trinajstić information content (AvgIpc) is 2.46. The Labute approximate surface area is 115 Å². The zero-order valence-electron chi connectivity index (χ0n) is 11.6. The summed E-state index contributed by atoms with van der Waals surface area (Å²) in [6, 6.07) is 14.4. The largest absolute Gasteiger partial charge is 0.370 e. The summed E-state index contributed by atoms with van der Waals surface area (Å²) in [5, 5.41) is 6.61. The lowest BCUT2D eigenvalue weighted by Gasteiger charge is -2.09. The molecule has 2 rings (SSSR count). The van der Waals surface area contributed by atoms with E-state index in [2.05, 4.69) is 53.7 Å². The van der Waals surface area contributed by atoms with E-state index in [9.17, 15) is 0 Å². The molecule has 3 nitrogen and oxygen atoms in total. The molecule has 1 aromatic carbocycles. The molecular weight excluding hydrogens is 234 g/mol. The Kier molecular flexibility index (Phi) is 4.78.